The number of aryl methyl sites for hydroxylation is 1. The SMILES string of the molecule is C[CH]Sc1nnnn1C. The van der Waals surface area contributed by atoms with Crippen molar-refractivity contribution in [2.24, 2.45) is 7.05 Å². The molecule has 0 spiro atoms. The normalized spacial score (nSPS) is 10.0. The van der Waals surface area contributed by atoms with E-state index < -0.39 is 0 Å². The van der Waals surface area contributed by atoms with Crippen LogP contribution < -0.4 is 0 Å². The zero-order chi connectivity index (χ0) is 6.69. The predicted octanol–water partition coefficient (Wildman–Crippen LogP) is 0.484. The molecule has 0 N–H and O–H groups in total. The third-order valence-electron chi connectivity index (χ3n) is 0.805. The second kappa shape index (κ2) is 2.82. The summed E-state index contributed by atoms with van der Waals surface area (Å²) in [6.07, 6.45) is 0. The molecule has 0 aliphatic heterocycles. The van der Waals surface area contributed by atoms with Crippen molar-refractivity contribution in [1.29, 1.82) is 0 Å². The summed E-state index contributed by atoms with van der Waals surface area (Å²) < 4.78 is 1.63. The molecule has 0 saturated carbocycles. The van der Waals surface area contributed by atoms with Gasteiger partial charge >= 0.3 is 0 Å². The molecule has 1 aromatic heterocycles. The van der Waals surface area contributed by atoms with Crippen molar-refractivity contribution in [2.45, 2.75) is 12.1 Å². The van der Waals surface area contributed by atoms with Crippen LogP contribution >= 0.6 is 11.8 Å². The molecular weight excluding hydrogens is 136 g/mol. The lowest BCUT2D eigenvalue weighted by Gasteiger charge is -1.90. The van der Waals surface area contributed by atoms with E-state index in [2.05, 4.69) is 15.5 Å². The molecular formula is C4H7N4S. The Balaban J connectivity index is 2.69. The molecule has 0 fully saturated rings. The molecule has 1 heterocycles. The fourth-order valence-electron chi connectivity index (χ4n) is 0.426. The maximum absolute atomic E-state index is 3.74. The molecule has 4 nitrogen and oxygen atoms in total. The second-order valence-corrected chi connectivity index (χ2v) is 2.51. The average Bonchev–Trinajstić information content (AvgIpc) is 2.18. The Morgan fingerprint density at radius 3 is 2.89 bits per heavy atom. The van der Waals surface area contributed by atoms with Crippen molar-refractivity contribution in [1.82, 2.24) is 20.2 Å². The third-order valence-corrected chi connectivity index (χ3v) is 1.60. The van der Waals surface area contributed by atoms with Crippen LogP contribution in [0.3, 0.4) is 0 Å². The number of thioether (sulfide) groups is 1. The summed E-state index contributed by atoms with van der Waals surface area (Å²) in [5.41, 5.74) is 0. The minimum absolute atomic E-state index is 0.817. The van der Waals surface area contributed by atoms with E-state index in [1.165, 1.54) is 11.8 Å². The van der Waals surface area contributed by atoms with Crippen molar-refractivity contribution in [2.75, 3.05) is 0 Å². The van der Waals surface area contributed by atoms with Gasteiger partial charge in [0.15, 0.2) is 0 Å². The molecule has 1 rings (SSSR count). The topological polar surface area (TPSA) is 43.6 Å². The highest BCUT2D eigenvalue weighted by molar-refractivity contribution is 8.01. The summed E-state index contributed by atoms with van der Waals surface area (Å²) in [7, 11) is 1.81. The molecule has 0 aromatic carbocycles. The summed E-state index contributed by atoms with van der Waals surface area (Å²) in [5, 5.41) is 11.7. The molecule has 0 aliphatic rings. The van der Waals surface area contributed by atoms with Gasteiger partial charge < -0.3 is 0 Å². The molecule has 1 aromatic rings. The van der Waals surface area contributed by atoms with E-state index in [4.69, 9.17) is 0 Å². The van der Waals surface area contributed by atoms with E-state index in [9.17, 15) is 0 Å². The van der Waals surface area contributed by atoms with E-state index >= 15 is 0 Å². The number of hydrogen-bond acceptors (Lipinski definition) is 4. The smallest absolute Gasteiger partial charge is 0.209 e. The molecule has 1 radical (unpaired) electrons. The Hall–Kier alpha value is -0.580. The first-order chi connectivity index (χ1) is 4.34. The molecule has 9 heavy (non-hydrogen) atoms. The molecule has 0 atom stereocenters. The number of aromatic nitrogens is 4. The maximum atomic E-state index is 3.74. The van der Waals surface area contributed by atoms with Crippen LogP contribution in [0.2, 0.25) is 0 Å². The van der Waals surface area contributed by atoms with Gasteiger partial charge in [0.05, 0.1) is 0 Å². The summed E-state index contributed by atoms with van der Waals surface area (Å²) in [4.78, 5) is 0. The van der Waals surface area contributed by atoms with Crippen LogP contribution in [-0.2, 0) is 7.05 Å². The van der Waals surface area contributed by atoms with Crippen LogP contribution in [0.1, 0.15) is 6.92 Å². The van der Waals surface area contributed by atoms with Crippen molar-refractivity contribution >= 4 is 11.8 Å². The lowest BCUT2D eigenvalue weighted by Crippen LogP contribution is -1.91. The first kappa shape index (κ1) is 6.54. The van der Waals surface area contributed by atoms with Crippen LogP contribution in [0, 0.1) is 5.75 Å². The zero-order valence-electron chi connectivity index (χ0n) is 5.27. The van der Waals surface area contributed by atoms with Gasteiger partial charge in [-0.1, -0.05) is 18.7 Å². The van der Waals surface area contributed by atoms with Gasteiger partial charge in [0.25, 0.3) is 0 Å². The predicted molar refractivity (Wildman–Crippen MR) is 34.6 cm³/mol. The Morgan fingerprint density at radius 2 is 2.44 bits per heavy atom. The standard InChI is InChI=1S/C4H7N4S/c1-3-9-4-5-6-7-8(4)2/h3H,1-2H3. The molecule has 0 saturated heterocycles. The lowest BCUT2D eigenvalue weighted by atomic mass is 11.0. The Labute approximate surface area is 57.6 Å². The minimum atomic E-state index is 0.817. The highest BCUT2D eigenvalue weighted by Gasteiger charge is 1.98. The fourth-order valence-corrected chi connectivity index (χ4v) is 0.910. The number of nitrogens with zero attached hydrogens (tertiary/aromatic N) is 4. The Morgan fingerprint density at radius 1 is 1.67 bits per heavy atom. The lowest BCUT2D eigenvalue weighted by molar-refractivity contribution is 0.665. The van der Waals surface area contributed by atoms with Crippen LogP contribution in [-0.4, -0.2) is 20.2 Å². The van der Waals surface area contributed by atoms with E-state index in [0.717, 1.165) is 5.16 Å². The van der Waals surface area contributed by atoms with Gasteiger partial charge in [-0.05, 0) is 10.4 Å². The van der Waals surface area contributed by atoms with Crippen LogP contribution in [0.15, 0.2) is 5.16 Å². The quantitative estimate of drug-likeness (QED) is 0.565. The van der Waals surface area contributed by atoms with E-state index in [1.807, 2.05) is 19.7 Å². The van der Waals surface area contributed by atoms with Gasteiger partial charge in [-0.15, -0.1) is 5.10 Å². The highest BCUT2D eigenvalue weighted by Crippen LogP contribution is 2.13. The number of tetrazole rings is 1. The summed E-state index contributed by atoms with van der Waals surface area (Å²) in [6.45, 7) is 1.94. The van der Waals surface area contributed by atoms with Gasteiger partial charge in [0.1, 0.15) is 0 Å². The average molecular weight is 143 g/mol. The van der Waals surface area contributed by atoms with Gasteiger partial charge in [-0.3, -0.25) is 0 Å². The Kier molecular flexibility index (Phi) is 2.05. The molecule has 0 amide bonds. The van der Waals surface area contributed by atoms with E-state index in [0.29, 0.717) is 0 Å². The number of hydrogen-bond donors (Lipinski definition) is 0. The number of rotatable bonds is 2. The highest BCUT2D eigenvalue weighted by atomic mass is 32.2. The maximum Gasteiger partial charge on any atom is 0.209 e. The third kappa shape index (κ3) is 1.41. The molecule has 0 bridgehead atoms. The van der Waals surface area contributed by atoms with Crippen molar-refractivity contribution in [3.05, 3.63) is 5.75 Å². The molecule has 49 valence electrons. The Bertz CT molecular complexity index is 184. The van der Waals surface area contributed by atoms with Crippen molar-refractivity contribution in [3.8, 4) is 0 Å². The van der Waals surface area contributed by atoms with Gasteiger partial charge in [-0.2, -0.15) is 0 Å². The largest absolute Gasteiger partial charge is 0.224 e. The first-order valence-electron chi connectivity index (χ1n) is 2.51. The molecule has 0 aliphatic carbocycles. The minimum Gasteiger partial charge on any atom is -0.224 e. The van der Waals surface area contributed by atoms with Crippen LogP contribution in [0.25, 0.3) is 0 Å². The first-order valence-corrected chi connectivity index (χ1v) is 3.39. The van der Waals surface area contributed by atoms with Crippen molar-refractivity contribution in [3.63, 3.8) is 0 Å². The van der Waals surface area contributed by atoms with E-state index in [1.54, 1.807) is 4.68 Å². The second-order valence-electron chi connectivity index (χ2n) is 1.44. The van der Waals surface area contributed by atoms with Crippen LogP contribution in [0.5, 0.6) is 0 Å². The summed E-state index contributed by atoms with van der Waals surface area (Å²) in [5.74, 6) is 1.94. The molecule has 0 unspecified atom stereocenters. The van der Waals surface area contributed by atoms with Crippen molar-refractivity contribution < 1.29 is 0 Å². The van der Waals surface area contributed by atoms with Crippen LogP contribution in [0.4, 0.5) is 0 Å². The monoisotopic (exact) mass is 143 g/mol. The summed E-state index contributed by atoms with van der Waals surface area (Å²) >= 11 is 1.51. The summed E-state index contributed by atoms with van der Waals surface area (Å²) in [6, 6.07) is 0. The molecule has 5 heteroatoms. The fraction of sp³-hybridized carbons (Fsp3) is 0.500. The van der Waals surface area contributed by atoms with Gasteiger partial charge in [0.2, 0.25) is 5.16 Å². The van der Waals surface area contributed by atoms with E-state index in [-0.39, 0.29) is 0 Å². The van der Waals surface area contributed by atoms with Gasteiger partial charge in [-0.25, -0.2) is 4.68 Å². The zero-order valence-corrected chi connectivity index (χ0v) is 6.09. The van der Waals surface area contributed by atoms with Gasteiger partial charge in [0, 0.05) is 12.8 Å².